The first-order valence-corrected chi connectivity index (χ1v) is 4.63. The maximum absolute atomic E-state index is 3.92. The van der Waals surface area contributed by atoms with Gasteiger partial charge in [-0.15, -0.1) is 5.10 Å². The largest absolute Gasteiger partial charge is 0.313 e. The number of hydrogen-bond acceptors (Lipinski definition) is 4. The van der Waals surface area contributed by atoms with Gasteiger partial charge in [-0.25, -0.2) is 4.68 Å². The summed E-state index contributed by atoms with van der Waals surface area (Å²) in [4.78, 5) is 0. The Morgan fingerprint density at radius 1 is 1.46 bits per heavy atom. The van der Waals surface area contributed by atoms with E-state index < -0.39 is 0 Å². The third kappa shape index (κ3) is 3.10. The van der Waals surface area contributed by atoms with Crippen LogP contribution >= 0.6 is 0 Å². The van der Waals surface area contributed by atoms with E-state index >= 15 is 0 Å². The smallest absolute Gasteiger partial charge is 0.165 e. The highest BCUT2D eigenvalue weighted by atomic mass is 15.5. The molecule has 0 atom stereocenters. The van der Waals surface area contributed by atoms with E-state index in [1.54, 1.807) is 0 Å². The summed E-state index contributed by atoms with van der Waals surface area (Å²) in [7, 11) is 1.89. The predicted octanol–water partition coefficient (Wildman–Crippen LogP) is 0.439. The van der Waals surface area contributed by atoms with Crippen LogP contribution in [0.2, 0.25) is 0 Å². The van der Waals surface area contributed by atoms with Crippen molar-refractivity contribution in [1.82, 2.24) is 25.5 Å². The topological polar surface area (TPSA) is 55.6 Å². The molecule has 0 fully saturated rings. The molecule has 1 heterocycles. The van der Waals surface area contributed by atoms with Crippen LogP contribution in [0.5, 0.6) is 0 Å². The molecule has 0 aliphatic heterocycles. The molecular weight excluding hydrogens is 166 g/mol. The summed E-state index contributed by atoms with van der Waals surface area (Å²) in [6, 6.07) is 0. The van der Waals surface area contributed by atoms with Crippen LogP contribution in [0.4, 0.5) is 0 Å². The molecule has 0 saturated heterocycles. The molecule has 1 aromatic rings. The first-order chi connectivity index (χ1) is 6.24. The molecule has 1 N–H and O–H groups in total. The number of hydrogen-bond donors (Lipinski definition) is 1. The molecule has 1 rings (SSSR count). The van der Waals surface area contributed by atoms with Gasteiger partial charge in [0.1, 0.15) is 0 Å². The standard InChI is InChI=1S/C8H17N5/c1-7(2)4-5-13-8(6-9-3)10-11-12-13/h7,9H,4-6H2,1-3H3. The van der Waals surface area contributed by atoms with Crippen molar-refractivity contribution in [2.75, 3.05) is 7.05 Å². The molecule has 1 aromatic heterocycles. The number of tetrazole rings is 1. The minimum Gasteiger partial charge on any atom is -0.313 e. The van der Waals surface area contributed by atoms with E-state index in [4.69, 9.17) is 0 Å². The molecule has 0 radical (unpaired) electrons. The van der Waals surface area contributed by atoms with Crippen molar-refractivity contribution in [2.45, 2.75) is 33.4 Å². The SMILES string of the molecule is CNCc1nnnn1CCC(C)C. The van der Waals surface area contributed by atoms with Crippen molar-refractivity contribution in [3.8, 4) is 0 Å². The molecule has 0 amide bonds. The van der Waals surface area contributed by atoms with E-state index in [1.807, 2.05) is 11.7 Å². The summed E-state index contributed by atoms with van der Waals surface area (Å²) in [5.41, 5.74) is 0. The Bertz CT molecular complexity index is 242. The second-order valence-corrected chi connectivity index (χ2v) is 3.53. The average molecular weight is 183 g/mol. The highest BCUT2D eigenvalue weighted by Gasteiger charge is 2.04. The fourth-order valence-corrected chi connectivity index (χ4v) is 1.06. The number of nitrogens with one attached hydrogen (secondary N) is 1. The van der Waals surface area contributed by atoms with Gasteiger partial charge in [-0.3, -0.25) is 0 Å². The van der Waals surface area contributed by atoms with Gasteiger partial charge in [-0.2, -0.15) is 0 Å². The summed E-state index contributed by atoms with van der Waals surface area (Å²) in [5, 5.41) is 14.5. The van der Waals surface area contributed by atoms with Gasteiger partial charge >= 0.3 is 0 Å². The normalized spacial score (nSPS) is 11.1. The summed E-state index contributed by atoms with van der Waals surface area (Å²) < 4.78 is 1.86. The van der Waals surface area contributed by atoms with Crippen molar-refractivity contribution >= 4 is 0 Å². The molecule has 0 aliphatic rings. The molecule has 13 heavy (non-hydrogen) atoms. The highest BCUT2D eigenvalue weighted by Crippen LogP contribution is 2.02. The van der Waals surface area contributed by atoms with Gasteiger partial charge in [0.2, 0.25) is 0 Å². The van der Waals surface area contributed by atoms with Gasteiger partial charge in [0.25, 0.3) is 0 Å². The Morgan fingerprint density at radius 3 is 2.85 bits per heavy atom. The zero-order valence-electron chi connectivity index (χ0n) is 8.49. The Labute approximate surface area is 78.5 Å². The number of rotatable bonds is 5. The molecule has 0 unspecified atom stereocenters. The van der Waals surface area contributed by atoms with E-state index in [2.05, 4.69) is 34.7 Å². The minimum absolute atomic E-state index is 0.687. The number of aryl methyl sites for hydroxylation is 1. The van der Waals surface area contributed by atoms with Crippen molar-refractivity contribution in [3.63, 3.8) is 0 Å². The maximum Gasteiger partial charge on any atom is 0.165 e. The third-order valence-electron chi connectivity index (χ3n) is 1.86. The molecule has 0 saturated carbocycles. The van der Waals surface area contributed by atoms with Gasteiger partial charge in [0.05, 0.1) is 6.54 Å². The third-order valence-corrected chi connectivity index (χ3v) is 1.86. The van der Waals surface area contributed by atoms with E-state index in [0.29, 0.717) is 5.92 Å². The lowest BCUT2D eigenvalue weighted by molar-refractivity contribution is 0.463. The lowest BCUT2D eigenvalue weighted by Crippen LogP contribution is -2.14. The molecule has 0 bridgehead atoms. The van der Waals surface area contributed by atoms with Crippen LogP contribution in [0, 0.1) is 5.92 Å². The van der Waals surface area contributed by atoms with Crippen LogP contribution in [0.1, 0.15) is 26.1 Å². The number of nitrogens with zero attached hydrogens (tertiary/aromatic N) is 4. The summed E-state index contributed by atoms with van der Waals surface area (Å²) >= 11 is 0. The Morgan fingerprint density at radius 2 is 2.23 bits per heavy atom. The molecule has 0 aliphatic carbocycles. The van der Waals surface area contributed by atoms with E-state index in [1.165, 1.54) is 0 Å². The maximum atomic E-state index is 3.92. The second kappa shape index (κ2) is 4.91. The first kappa shape index (κ1) is 10.1. The van der Waals surface area contributed by atoms with Gasteiger partial charge in [-0.05, 0) is 29.8 Å². The van der Waals surface area contributed by atoms with Crippen LogP contribution < -0.4 is 5.32 Å². The van der Waals surface area contributed by atoms with Crippen LogP contribution in [0.15, 0.2) is 0 Å². The molecular formula is C8H17N5. The number of aromatic nitrogens is 4. The average Bonchev–Trinajstić information content (AvgIpc) is 2.49. The van der Waals surface area contributed by atoms with Gasteiger partial charge < -0.3 is 5.32 Å². The van der Waals surface area contributed by atoms with E-state index in [0.717, 1.165) is 25.3 Å². The summed E-state index contributed by atoms with van der Waals surface area (Å²) in [6.45, 7) is 6.02. The molecule has 74 valence electrons. The lowest BCUT2D eigenvalue weighted by atomic mass is 10.1. The summed E-state index contributed by atoms with van der Waals surface area (Å²) in [6.07, 6.45) is 1.11. The van der Waals surface area contributed by atoms with Crippen LogP contribution in [0.25, 0.3) is 0 Å². The van der Waals surface area contributed by atoms with Crippen LogP contribution in [-0.2, 0) is 13.1 Å². The van der Waals surface area contributed by atoms with E-state index in [9.17, 15) is 0 Å². The second-order valence-electron chi connectivity index (χ2n) is 3.53. The van der Waals surface area contributed by atoms with Crippen LogP contribution in [0.3, 0.4) is 0 Å². The van der Waals surface area contributed by atoms with Crippen molar-refractivity contribution in [3.05, 3.63) is 5.82 Å². The van der Waals surface area contributed by atoms with Crippen molar-refractivity contribution in [1.29, 1.82) is 0 Å². The quantitative estimate of drug-likeness (QED) is 0.719. The van der Waals surface area contributed by atoms with Gasteiger partial charge in [-0.1, -0.05) is 13.8 Å². The Kier molecular flexibility index (Phi) is 3.82. The first-order valence-electron chi connectivity index (χ1n) is 4.63. The van der Waals surface area contributed by atoms with Crippen molar-refractivity contribution in [2.24, 2.45) is 5.92 Å². The monoisotopic (exact) mass is 183 g/mol. The minimum atomic E-state index is 0.687. The molecule has 5 nitrogen and oxygen atoms in total. The Balaban J connectivity index is 2.49. The van der Waals surface area contributed by atoms with Gasteiger partial charge in [0, 0.05) is 6.54 Å². The fraction of sp³-hybridized carbons (Fsp3) is 0.875. The summed E-state index contributed by atoms with van der Waals surface area (Å²) in [5.74, 6) is 1.59. The van der Waals surface area contributed by atoms with Crippen molar-refractivity contribution < 1.29 is 0 Å². The molecule has 0 aromatic carbocycles. The lowest BCUT2D eigenvalue weighted by Gasteiger charge is -2.05. The highest BCUT2D eigenvalue weighted by molar-refractivity contribution is 4.78. The Hall–Kier alpha value is -0.970. The van der Waals surface area contributed by atoms with E-state index in [-0.39, 0.29) is 0 Å². The molecule has 0 spiro atoms. The zero-order valence-corrected chi connectivity index (χ0v) is 8.49. The fourth-order valence-electron chi connectivity index (χ4n) is 1.06. The predicted molar refractivity (Wildman–Crippen MR) is 50.0 cm³/mol. The zero-order chi connectivity index (χ0) is 9.68. The molecule has 5 heteroatoms. The van der Waals surface area contributed by atoms with Crippen LogP contribution in [-0.4, -0.2) is 27.3 Å². The van der Waals surface area contributed by atoms with Gasteiger partial charge in [0.15, 0.2) is 5.82 Å².